The molecule has 0 aliphatic carbocycles. The molecule has 156 valence electrons. The van der Waals surface area contributed by atoms with Crippen molar-refractivity contribution in [2.24, 2.45) is 0 Å². The summed E-state index contributed by atoms with van der Waals surface area (Å²) in [5, 5.41) is 9.30. The number of aliphatic hydroxyl groups is 1. The number of piperazine rings is 1. The van der Waals surface area contributed by atoms with Crippen molar-refractivity contribution < 1.29 is 20.8 Å². The smallest absolute Gasteiger partial charge is 0.0698 e. The van der Waals surface area contributed by atoms with Crippen LogP contribution in [0, 0.1) is 0 Å². The zero-order chi connectivity index (χ0) is 25.4. The molecule has 1 N–H and O–H groups in total. The van der Waals surface area contributed by atoms with Gasteiger partial charge in [-0.1, -0.05) is 54.1 Å². The van der Waals surface area contributed by atoms with E-state index in [9.17, 15) is 0 Å². The number of nitrogens with zero attached hydrogens (tertiary/aromatic N) is 2. The van der Waals surface area contributed by atoms with Crippen molar-refractivity contribution in [1.82, 2.24) is 9.80 Å². The Morgan fingerprint density at radius 1 is 0.929 bits per heavy atom. The van der Waals surface area contributed by atoms with E-state index in [1.165, 1.54) is 0 Å². The molecule has 0 amide bonds. The van der Waals surface area contributed by atoms with Crippen LogP contribution < -0.4 is 0 Å². The van der Waals surface area contributed by atoms with Gasteiger partial charge in [-0.05, 0) is 23.3 Å². The molecule has 1 saturated heterocycles. The van der Waals surface area contributed by atoms with Crippen LogP contribution in [0.5, 0.6) is 0 Å². The molecular weight excluding hydrogens is 419 g/mol. The fraction of sp³-hybridized carbons (Fsp3) is 0.429. The van der Waals surface area contributed by atoms with Gasteiger partial charge in [0.2, 0.25) is 0 Å². The third-order valence-corrected chi connectivity index (χ3v) is 4.12. The van der Waals surface area contributed by atoms with Crippen LogP contribution in [-0.2, 0) is 4.74 Å². The Morgan fingerprint density at radius 2 is 1.54 bits per heavy atom. The number of hydrogen-bond donors (Lipinski definition) is 1. The van der Waals surface area contributed by atoms with E-state index in [2.05, 4.69) is 0 Å². The van der Waals surface area contributed by atoms with Gasteiger partial charge in [0.1, 0.15) is 0 Å². The van der Waals surface area contributed by atoms with Gasteiger partial charge < -0.3 is 9.84 Å². The number of ether oxygens (including phenoxy) is 1. The second-order valence-corrected chi connectivity index (χ2v) is 6.11. The van der Waals surface area contributed by atoms with E-state index in [1.807, 2.05) is 0 Å². The lowest BCUT2D eigenvalue weighted by atomic mass is 9.96. The number of rotatable bonds is 8. The SMILES string of the molecule is Cl.Cl.[2H]C1([2H])N(CCOCCO)C([2H])([2H])C([2H])([2H])N(C(c2ccccc2)c2ccc(Cl)cc2)C1([2H])[2H]. The molecule has 0 saturated carbocycles. The maximum Gasteiger partial charge on any atom is 0.0698 e. The van der Waals surface area contributed by atoms with Gasteiger partial charge in [-0.15, -0.1) is 24.8 Å². The molecule has 0 bridgehead atoms. The second-order valence-electron chi connectivity index (χ2n) is 5.67. The van der Waals surface area contributed by atoms with Crippen molar-refractivity contribution in [3.63, 3.8) is 0 Å². The van der Waals surface area contributed by atoms with Gasteiger partial charge in [0, 0.05) is 48.5 Å². The maximum atomic E-state index is 8.88. The zero-order valence-corrected chi connectivity index (χ0v) is 17.4. The normalized spacial score (nSPS) is 27.5. The highest BCUT2D eigenvalue weighted by molar-refractivity contribution is 6.30. The molecule has 0 radical (unpaired) electrons. The average molecular weight is 456 g/mol. The van der Waals surface area contributed by atoms with Crippen LogP contribution in [0.1, 0.15) is 28.1 Å². The Labute approximate surface area is 196 Å². The molecule has 28 heavy (non-hydrogen) atoms. The zero-order valence-electron chi connectivity index (χ0n) is 23.0. The van der Waals surface area contributed by atoms with Crippen LogP contribution in [0.25, 0.3) is 0 Å². The minimum Gasteiger partial charge on any atom is -0.394 e. The molecule has 2 aromatic carbocycles. The number of halogens is 3. The van der Waals surface area contributed by atoms with Gasteiger partial charge >= 0.3 is 0 Å². The van der Waals surface area contributed by atoms with Gasteiger partial charge in [0.15, 0.2) is 0 Å². The first kappa shape index (κ1) is 15.0. The summed E-state index contributed by atoms with van der Waals surface area (Å²) in [6, 6.07) is 13.6. The van der Waals surface area contributed by atoms with Crippen molar-refractivity contribution in [2.45, 2.75) is 6.04 Å². The fourth-order valence-electron chi connectivity index (χ4n) is 2.62. The van der Waals surface area contributed by atoms with Gasteiger partial charge in [0.25, 0.3) is 0 Å². The summed E-state index contributed by atoms with van der Waals surface area (Å²) in [7, 11) is 0. The summed E-state index contributed by atoms with van der Waals surface area (Å²) < 4.78 is 74.8. The first-order valence-corrected chi connectivity index (χ1v) is 8.74. The molecule has 0 aromatic heterocycles. The molecule has 1 atom stereocenters. The average Bonchev–Trinajstić information content (AvgIpc) is 2.77. The monoisotopic (exact) mass is 454 g/mol. The van der Waals surface area contributed by atoms with Crippen LogP contribution in [0.15, 0.2) is 54.6 Å². The molecule has 1 heterocycles. The van der Waals surface area contributed by atoms with Crippen LogP contribution in [0.4, 0.5) is 0 Å². The highest BCUT2D eigenvalue weighted by Gasteiger charge is 2.26. The lowest BCUT2D eigenvalue weighted by Gasteiger charge is -2.39. The van der Waals surface area contributed by atoms with E-state index in [0.717, 1.165) is 0 Å². The van der Waals surface area contributed by atoms with Crippen LogP contribution >= 0.6 is 36.4 Å². The van der Waals surface area contributed by atoms with E-state index < -0.39 is 38.6 Å². The lowest BCUT2D eigenvalue weighted by molar-refractivity contribution is 0.0522. The summed E-state index contributed by atoms with van der Waals surface area (Å²) in [6.45, 7) is -12.9. The predicted molar refractivity (Wildman–Crippen MR) is 120 cm³/mol. The highest BCUT2D eigenvalue weighted by Crippen LogP contribution is 2.30. The number of aliphatic hydroxyl groups excluding tert-OH is 1. The largest absolute Gasteiger partial charge is 0.394 e. The Hall–Kier alpha value is -0.850. The Morgan fingerprint density at radius 3 is 2.14 bits per heavy atom. The minimum atomic E-state index is -2.99. The van der Waals surface area contributed by atoms with E-state index in [-0.39, 0.29) is 44.6 Å². The molecular formula is C21H29Cl3N2O2. The van der Waals surface area contributed by atoms with Crippen molar-refractivity contribution in [1.29, 1.82) is 0 Å². The van der Waals surface area contributed by atoms with E-state index in [4.69, 9.17) is 32.4 Å². The molecule has 1 fully saturated rings. The summed E-state index contributed by atoms with van der Waals surface area (Å²) in [5.74, 6) is 0. The van der Waals surface area contributed by atoms with Crippen LogP contribution in [0.3, 0.4) is 0 Å². The van der Waals surface area contributed by atoms with Gasteiger partial charge in [0.05, 0.1) is 25.9 Å². The van der Waals surface area contributed by atoms with Crippen LogP contribution in [0.2, 0.25) is 5.02 Å². The molecule has 1 aliphatic heterocycles. The second kappa shape index (κ2) is 13.4. The quantitative estimate of drug-likeness (QED) is 0.612. The standard InChI is InChI=1S/C21H27ClN2O2.2ClH/c22-20-8-6-19(7-9-20)21(18-4-2-1-3-5-18)24-12-10-23(11-13-24)14-16-26-17-15-25;;/h1-9,21,25H,10-17H2;2*1H/i10D2,11D2,12D2,13D2;;. The minimum absolute atomic E-state index is 0. The first-order chi connectivity index (χ1) is 15.8. The van der Waals surface area contributed by atoms with Crippen molar-refractivity contribution in [3.8, 4) is 0 Å². The molecule has 1 aliphatic rings. The topological polar surface area (TPSA) is 35.9 Å². The van der Waals surface area contributed by atoms with E-state index in [1.54, 1.807) is 54.6 Å². The van der Waals surface area contributed by atoms with Gasteiger partial charge in [-0.25, -0.2) is 0 Å². The van der Waals surface area contributed by atoms with Crippen molar-refractivity contribution >= 4 is 36.4 Å². The molecule has 3 rings (SSSR count). The van der Waals surface area contributed by atoms with E-state index >= 15 is 0 Å². The summed E-state index contributed by atoms with van der Waals surface area (Å²) in [6.07, 6.45) is 0. The lowest BCUT2D eigenvalue weighted by Crippen LogP contribution is -2.48. The van der Waals surface area contributed by atoms with Crippen molar-refractivity contribution in [2.75, 3.05) is 52.4 Å². The van der Waals surface area contributed by atoms with Crippen LogP contribution in [-0.4, -0.2) is 67.3 Å². The van der Waals surface area contributed by atoms with Gasteiger partial charge in [-0.3, -0.25) is 9.80 Å². The molecule has 1 unspecified atom stereocenters. The number of benzene rings is 2. The molecule has 4 nitrogen and oxygen atoms in total. The first-order valence-electron chi connectivity index (χ1n) is 12.4. The van der Waals surface area contributed by atoms with Crippen molar-refractivity contribution in [3.05, 3.63) is 70.7 Å². The fourth-order valence-corrected chi connectivity index (χ4v) is 2.74. The summed E-state index contributed by atoms with van der Waals surface area (Å²) in [5.41, 5.74) is 0.888. The molecule has 0 spiro atoms. The predicted octanol–water partition coefficient (Wildman–Crippen LogP) is 3.90. The summed E-state index contributed by atoms with van der Waals surface area (Å²) in [4.78, 5) is 1.17. The molecule has 7 heteroatoms. The Bertz CT molecular complexity index is 943. The molecule has 2 aromatic rings. The highest BCUT2D eigenvalue weighted by atomic mass is 35.5. The Balaban J connectivity index is 0.00000324. The van der Waals surface area contributed by atoms with E-state index in [0.29, 0.717) is 25.9 Å². The third kappa shape index (κ3) is 7.20. The summed E-state index contributed by atoms with van der Waals surface area (Å²) >= 11 is 6.02. The number of hydrogen-bond acceptors (Lipinski definition) is 4. The Kier molecular flexibility index (Phi) is 7.18. The third-order valence-electron chi connectivity index (χ3n) is 3.86. The van der Waals surface area contributed by atoms with Gasteiger partial charge in [-0.2, -0.15) is 0 Å². The maximum absolute atomic E-state index is 8.88.